The second-order valence-corrected chi connectivity index (χ2v) is 7.29. The van der Waals surface area contributed by atoms with Gasteiger partial charge in [0.1, 0.15) is 17.9 Å². The highest BCUT2D eigenvalue weighted by Crippen LogP contribution is 2.30. The third-order valence-corrected chi connectivity index (χ3v) is 4.99. The van der Waals surface area contributed by atoms with Gasteiger partial charge in [0.15, 0.2) is 0 Å². The number of thiophene rings is 1. The molecule has 0 aliphatic carbocycles. The predicted octanol–water partition coefficient (Wildman–Crippen LogP) is 3.82. The summed E-state index contributed by atoms with van der Waals surface area (Å²) in [5.41, 5.74) is 2.17. The predicted molar refractivity (Wildman–Crippen MR) is 94.9 cm³/mol. The van der Waals surface area contributed by atoms with Gasteiger partial charge in [-0.3, -0.25) is 4.90 Å². The minimum Gasteiger partial charge on any atom is -0.440 e. The number of hydrogen-bond donors (Lipinski definition) is 0. The van der Waals surface area contributed by atoms with Crippen LogP contribution in [0.1, 0.15) is 42.7 Å². The molecule has 0 aliphatic heterocycles. The second kappa shape index (κ2) is 6.86. The van der Waals surface area contributed by atoms with E-state index in [0.717, 1.165) is 28.7 Å². The number of hydrogen-bond acceptors (Lipinski definition) is 6. The Morgan fingerprint density at radius 2 is 2.08 bits per heavy atom. The van der Waals surface area contributed by atoms with E-state index in [1.807, 2.05) is 6.92 Å². The van der Waals surface area contributed by atoms with Gasteiger partial charge in [0.05, 0.1) is 17.1 Å². The second-order valence-electron chi connectivity index (χ2n) is 6.38. The molecule has 7 heteroatoms. The highest BCUT2D eigenvalue weighted by Gasteiger charge is 2.17. The Bertz CT molecular complexity index is 817. The summed E-state index contributed by atoms with van der Waals surface area (Å²) >= 11 is 1.66. The van der Waals surface area contributed by atoms with Crippen molar-refractivity contribution in [1.29, 1.82) is 0 Å². The molecule has 0 saturated heterocycles. The monoisotopic (exact) mass is 345 g/mol. The molecule has 128 valence electrons. The number of rotatable bonds is 6. The summed E-state index contributed by atoms with van der Waals surface area (Å²) in [6.07, 6.45) is 1.78. The topological polar surface area (TPSA) is 60.0 Å². The molecule has 0 aromatic carbocycles. The maximum absolute atomic E-state index is 5.88. The Balaban J connectivity index is 1.73. The molecule has 0 saturated carbocycles. The maximum Gasteiger partial charge on any atom is 0.237 e. The summed E-state index contributed by atoms with van der Waals surface area (Å²) < 4.78 is 7.97. The fourth-order valence-electron chi connectivity index (χ4n) is 2.63. The maximum atomic E-state index is 5.88. The van der Waals surface area contributed by atoms with Crippen molar-refractivity contribution in [3.05, 3.63) is 40.6 Å². The van der Waals surface area contributed by atoms with Crippen LogP contribution in [-0.2, 0) is 13.1 Å². The first-order chi connectivity index (χ1) is 11.5. The Kier molecular flexibility index (Phi) is 4.82. The Morgan fingerprint density at radius 3 is 2.75 bits per heavy atom. The van der Waals surface area contributed by atoms with E-state index >= 15 is 0 Å². The molecule has 3 aromatic heterocycles. The van der Waals surface area contributed by atoms with Gasteiger partial charge in [0.25, 0.3) is 0 Å². The average Bonchev–Trinajstić information content (AvgIpc) is 3.20. The zero-order valence-electron chi connectivity index (χ0n) is 14.8. The molecule has 6 nitrogen and oxygen atoms in total. The van der Waals surface area contributed by atoms with Gasteiger partial charge in [-0.05, 0) is 51.8 Å². The minimum atomic E-state index is 0.352. The van der Waals surface area contributed by atoms with Crippen LogP contribution in [0.15, 0.2) is 22.2 Å². The van der Waals surface area contributed by atoms with Gasteiger partial charge in [-0.25, -0.2) is 4.98 Å². The van der Waals surface area contributed by atoms with Gasteiger partial charge in [0.2, 0.25) is 5.89 Å². The molecular weight excluding hydrogens is 322 g/mol. The molecule has 3 rings (SSSR count). The van der Waals surface area contributed by atoms with Crippen LogP contribution in [0.5, 0.6) is 0 Å². The smallest absolute Gasteiger partial charge is 0.237 e. The molecule has 0 unspecified atom stereocenters. The molecule has 0 spiro atoms. The Hall–Kier alpha value is -1.99. The van der Waals surface area contributed by atoms with E-state index in [1.165, 1.54) is 5.56 Å². The van der Waals surface area contributed by atoms with Gasteiger partial charge in [-0.15, -0.1) is 21.5 Å². The summed E-state index contributed by atoms with van der Waals surface area (Å²) in [4.78, 5) is 7.98. The fraction of sp³-hybridized carbons (Fsp3) is 0.471. The van der Waals surface area contributed by atoms with Crippen LogP contribution in [0.25, 0.3) is 10.8 Å². The van der Waals surface area contributed by atoms with Crippen LogP contribution in [-0.4, -0.2) is 31.7 Å². The van der Waals surface area contributed by atoms with E-state index in [-0.39, 0.29) is 0 Å². The third-order valence-electron chi connectivity index (χ3n) is 3.98. The highest BCUT2D eigenvalue weighted by atomic mass is 32.1. The quantitative estimate of drug-likeness (QED) is 0.679. The summed E-state index contributed by atoms with van der Waals surface area (Å²) in [5, 5.41) is 10.3. The summed E-state index contributed by atoms with van der Waals surface area (Å²) in [5.74, 6) is 2.55. The van der Waals surface area contributed by atoms with Crippen molar-refractivity contribution in [2.75, 3.05) is 7.05 Å². The van der Waals surface area contributed by atoms with E-state index in [0.29, 0.717) is 18.5 Å². The molecule has 0 N–H and O–H groups in total. The van der Waals surface area contributed by atoms with Gasteiger partial charge < -0.3 is 8.98 Å². The van der Waals surface area contributed by atoms with Gasteiger partial charge in [-0.2, -0.15) is 0 Å². The third kappa shape index (κ3) is 3.42. The van der Waals surface area contributed by atoms with Crippen molar-refractivity contribution in [2.24, 2.45) is 0 Å². The number of oxazole rings is 1. The highest BCUT2D eigenvalue weighted by molar-refractivity contribution is 7.13. The summed E-state index contributed by atoms with van der Waals surface area (Å²) in [6, 6.07) is 2.44. The first-order valence-corrected chi connectivity index (χ1v) is 8.91. The number of nitrogens with zero attached hydrogens (tertiary/aromatic N) is 5. The lowest BCUT2D eigenvalue weighted by Gasteiger charge is -2.17. The lowest BCUT2D eigenvalue weighted by Crippen LogP contribution is -2.21. The van der Waals surface area contributed by atoms with E-state index in [4.69, 9.17) is 9.40 Å². The number of aromatic nitrogens is 4. The molecule has 3 aromatic rings. The van der Waals surface area contributed by atoms with Gasteiger partial charge >= 0.3 is 0 Å². The zero-order chi connectivity index (χ0) is 17.3. The molecule has 0 atom stereocenters. The van der Waals surface area contributed by atoms with E-state index < -0.39 is 0 Å². The lowest BCUT2D eigenvalue weighted by atomic mass is 10.3. The van der Waals surface area contributed by atoms with Crippen molar-refractivity contribution in [1.82, 2.24) is 24.6 Å². The van der Waals surface area contributed by atoms with Crippen LogP contribution in [0, 0.1) is 13.8 Å². The Morgan fingerprint density at radius 1 is 1.29 bits per heavy atom. The molecular formula is C17H23N5OS. The SMILES string of the molecule is Cc1ccsc1-c1nc(CN(C)Cc2nncn2C(C)C)c(C)o1. The minimum absolute atomic E-state index is 0.352. The van der Waals surface area contributed by atoms with Crippen molar-refractivity contribution in [2.45, 2.75) is 46.8 Å². The molecule has 0 fully saturated rings. The van der Waals surface area contributed by atoms with E-state index in [1.54, 1.807) is 17.7 Å². The van der Waals surface area contributed by atoms with Crippen molar-refractivity contribution >= 4 is 11.3 Å². The largest absolute Gasteiger partial charge is 0.440 e. The van der Waals surface area contributed by atoms with Crippen LogP contribution in [0.4, 0.5) is 0 Å². The van der Waals surface area contributed by atoms with Crippen molar-refractivity contribution < 1.29 is 4.42 Å². The van der Waals surface area contributed by atoms with Crippen LogP contribution < -0.4 is 0 Å². The van der Waals surface area contributed by atoms with Crippen molar-refractivity contribution in [3.63, 3.8) is 0 Å². The summed E-state index contributed by atoms with van der Waals surface area (Å²) in [7, 11) is 2.06. The van der Waals surface area contributed by atoms with Crippen molar-refractivity contribution in [3.8, 4) is 10.8 Å². The zero-order valence-corrected chi connectivity index (χ0v) is 15.6. The standard InChI is InChI=1S/C17H23N5OS/c1-11(2)22-10-18-20-15(22)9-21(5)8-14-13(4)23-17(19-14)16-12(3)6-7-24-16/h6-7,10-11H,8-9H2,1-5H3. The van der Waals surface area contributed by atoms with E-state index in [2.05, 4.69) is 58.9 Å². The normalized spacial score (nSPS) is 11.8. The fourth-order valence-corrected chi connectivity index (χ4v) is 3.48. The summed E-state index contributed by atoms with van der Waals surface area (Å²) in [6.45, 7) is 9.74. The molecule has 0 aliphatic rings. The first-order valence-electron chi connectivity index (χ1n) is 8.03. The van der Waals surface area contributed by atoms with Crippen LogP contribution >= 0.6 is 11.3 Å². The van der Waals surface area contributed by atoms with E-state index in [9.17, 15) is 0 Å². The van der Waals surface area contributed by atoms with Gasteiger partial charge in [0, 0.05) is 12.6 Å². The Labute approximate surface area is 146 Å². The molecule has 0 amide bonds. The lowest BCUT2D eigenvalue weighted by molar-refractivity contribution is 0.297. The average molecular weight is 345 g/mol. The first kappa shape index (κ1) is 16.9. The molecule has 3 heterocycles. The van der Waals surface area contributed by atoms with Crippen LogP contribution in [0.2, 0.25) is 0 Å². The number of aryl methyl sites for hydroxylation is 2. The van der Waals surface area contributed by atoms with Gasteiger partial charge in [-0.1, -0.05) is 0 Å². The molecule has 24 heavy (non-hydrogen) atoms. The molecule has 0 bridgehead atoms. The molecule has 0 radical (unpaired) electrons. The van der Waals surface area contributed by atoms with Crippen LogP contribution in [0.3, 0.4) is 0 Å².